The minimum absolute atomic E-state index is 0.0798. The number of rotatable bonds is 4. The number of hydrogen-bond acceptors (Lipinski definition) is 3. The predicted molar refractivity (Wildman–Crippen MR) is 79.0 cm³/mol. The maximum Gasteiger partial charge on any atom is 0.250 e. The number of benzene rings is 1. The molecule has 5 N–H and O–H groups in total. The van der Waals surface area contributed by atoms with Gasteiger partial charge in [-0.05, 0) is 30.9 Å². The topological polar surface area (TPSA) is 81.1 Å². The highest BCUT2D eigenvalue weighted by molar-refractivity contribution is 5.99. The fraction of sp³-hybridized carbons (Fsp3) is 0.533. The van der Waals surface area contributed by atoms with Gasteiger partial charge in [0.05, 0.1) is 11.3 Å². The van der Waals surface area contributed by atoms with Crippen LogP contribution in [0.4, 0.5) is 15.8 Å². The summed E-state index contributed by atoms with van der Waals surface area (Å²) in [7, 11) is 0. The first-order chi connectivity index (χ1) is 9.52. The Balaban J connectivity index is 2.23. The highest BCUT2D eigenvalue weighted by atomic mass is 19.1. The van der Waals surface area contributed by atoms with Crippen LogP contribution in [0.1, 0.15) is 49.4 Å². The van der Waals surface area contributed by atoms with Crippen LogP contribution in [0, 0.1) is 11.7 Å². The molecule has 0 radical (unpaired) electrons. The van der Waals surface area contributed by atoms with Crippen molar-refractivity contribution in [1.29, 1.82) is 0 Å². The van der Waals surface area contributed by atoms with Crippen LogP contribution in [0.15, 0.2) is 12.1 Å². The number of halogens is 1. The van der Waals surface area contributed by atoms with Gasteiger partial charge in [-0.3, -0.25) is 4.79 Å². The third-order valence-corrected chi connectivity index (χ3v) is 4.18. The number of primary amides is 1. The summed E-state index contributed by atoms with van der Waals surface area (Å²) in [6.07, 6.45) is 5.62. The monoisotopic (exact) mass is 279 g/mol. The Labute approximate surface area is 118 Å². The van der Waals surface area contributed by atoms with Gasteiger partial charge in [0.2, 0.25) is 0 Å². The second kappa shape index (κ2) is 6.11. The largest absolute Gasteiger partial charge is 0.398 e. The van der Waals surface area contributed by atoms with Gasteiger partial charge in [0, 0.05) is 11.7 Å². The molecule has 0 spiro atoms. The van der Waals surface area contributed by atoms with Crippen molar-refractivity contribution in [1.82, 2.24) is 0 Å². The number of amides is 1. The van der Waals surface area contributed by atoms with E-state index in [0.717, 1.165) is 31.7 Å². The summed E-state index contributed by atoms with van der Waals surface area (Å²) in [5.41, 5.74) is 11.4. The van der Waals surface area contributed by atoms with Crippen LogP contribution in [-0.4, -0.2) is 11.9 Å². The van der Waals surface area contributed by atoms with E-state index in [4.69, 9.17) is 11.5 Å². The highest BCUT2D eigenvalue weighted by Gasteiger charge is 2.24. The SMILES string of the molecule is CCC1CCCCC1Nc1cc(C(N)=O)c(N)cc1F. The van der Waals surface area contributed by atoms with Crippen molar-refractivity contribution >= 4 is 17.3 Å². The summed E-state index contributed by atoms with van der Waals surface area (Å²) in [6.45, 7) is 2.15. The third kappa shape index (κ3) is 3.03. The molecular weight excluding hydrogens is 257 g/mol. The Morgan fingerprint density at radius 1 is 1.40 bits per heavy atom. The second-order valence-electron chi connectivity index (χ2n) is 5.49. The average Bonchev–Trinajstić information content (AvgIpc) is 2.42. The Morgan fingerprint density at radius 3 is 2.75 bits per heavy atom. The van der Waals surface area contributed by atoms with Crippen LogP contribution in [0.25, 0.3) is 0 Å². The van der Waals surface area contributed by atoms with Crippen LogP contribution in [0.3, 0.4) is 0 Å². The number of nitrogens with one attached hydrogen (secondary N) is 1. The normalized spacial score (nSPS) is 22.5. The van der Waals surface area contributed by atoms with E-state index in [9.17, 15) is 9.18 Å². The van der Waals surface area contributed by atoms with Gasteiger partial charge in [0.1, 0.15) is 5.82 Å². The molecule has 1 aromatic carbocycles. The first-order valence-corrected chi connectivity index (χ1v) is 7.18. The van der Waals surface area contributed by atoms with Gasteiger partial charge in [0.25, 0.3) is 5.91 Å². The van der Waals surface area contributed by atoms with E-state index in [0.29, 0.717) is 11.6 Å². The average molecular weight is 279 g/mol. The van der Waals surface area contributed by atoms with Crippen molar-refractivity contribution in [3.8, 4) is 0 Å². The smallest absolute Gasteiger partial charge is 0.250 e. The van der Waals surface area contributed by atoms with Gasteiger partial charge in [-0.1, -0.05) is 26.2 Å². The number of nitrogen functional groups attached to an aromatic ring is 1. The van der Waals surface area contributed by atoms with Crippen LogP contribution >= 0.6 is 0 Å². The zero-order valence-corrected chi connectivity index (χ0v) is 11.8. The van der Waals surface area contributed by atoms with Gasteiger partial charge < -0.3 is 16.8 Å². The van der Waals surface area contributed by atoms with Crippen molar-refractivity contribution in [3.63, 3.8) is 0 Å². The maximum atomic E-state index is 14.0. The van der Waals surface area contributed by atoms with Crippen molar-refractivity contribution in [2.24, 2.45) is 11.7 Å². The molecule has 1 saturated carbocycles. The number of carbonyl (C=O) groups excluding carboxylic acids is 1. The first kappa shape index (κ1) is 14.6. The lowest BCUT2D eigenvalue weighted by Crippen LogP contribution is -2.32. The summed E-state index contributed by atoms with van der Waals surface area (Å²) < 4.78 is 14.0. The second-order valence-corrected chi connectivity index (χ2v) is 5.49. The minimum atomic E-state index is -0.638. The predicted octanol–water partition coefficient (Wildman–Crippen LogP) is 2.89. The summed E-state index contributed by atoms with van der Waals surface area (Å²) in [4.78, 5) is 11.3. The van der Waals surface area contributed by atoms with Crippen LogP contribution < -0.4 is 16.8 Å². The third-order valence-electron chi connectivity index (χ3n) is 4.18. The Morgan fingerprint density at radius 2 is 2.10 bits per heavy atom. The zero-order valence-electron chi connectivity index (χ0n) is 11.8. The summed E-state index contributed by atoms with van der Waals surface area (Å²) >= 11 is 0. The molecule has 20 heavy (non-hydrogen) atoms. The van der Waals surface area contributed by atoms with Crippen molar-refractivity contribution in [2.75, 3.05) is 11.1 Å². The number of hydrogen-bond donors (Lipinski definition) is 3. The van der Waals surface area contributed by atoms with Gasteiger partial charge in [-0.2, -0.15) is 0 Å². The first-order valence-electron chi connectivity index (χ1n) is 7.18. The highest BCUT2D eigenvalue weighted by Crippen LogP contribution is 2.31. The molecule has 110 valence electrons. The Kier molecular flexibility index (Phi) is 4.47. The van der Waals surface area contributed by atoms with Gasteiger partial charge in [-0.25, -0.2) is 4.39 Å². The fourth-order valence-corrected chi connectivity index (χ4v) is 3.00. The lowest BCUT2D eigenvalue weighted by Gasteiger charge is -2.32. The molecule has 0 aliphatic heterocycles. The van der Waals surface area contributed by atoms with Crippen molar-refractivity contribution < 1.29 is 9.18 Å². The molecule has 1 aromatic rings. The van der Waals surface area contributed by atoms with Crippen LogP contribution in [-0.2, 0) is 0 Å². The zero-order chi connectivity index (χ0) is 14.7. The van der Waals surface area contributed by atoms with Crippen LogP contribution in [0.5, 0.6) is 0 Å². The summed E-state index contributed by atoms with van der Waals surface area (Å²) in [5.74, 6) is -0.535. The Hall–Kier alpha value is -1.78. The molecule has 1 amide bonds. The van der Waals surface area contributed by atoms with E-state index >= 15 is 0 Å². The van der Waals surface area contributed by atoms with E-state index in [2.05, 4.69) is 12.2 Å². The molecule has 2 atom stereocenters. The van der Waals surface area contributed by atoms with Gasteiger partial charge in [-0.15, -0.1) is 0 Å². The van der Waals surface area contributed by atoms with E-state index in [1.807, 2.05) is 0 Å². The standard InChI is InChI=1S/C15H22FN3O/c1-2-9-5-3-4-6-13(9)19-14-7-10(15(18)20)12(17)8-11(14)16/h7-9,13,19H,2-6,17H2,1H3,(H2,18,20). The lowest BCUT2D eigenvalue weighted by molar-refractivity contribution is 0.100. The lowest BCUT2D eigenvalue weighted by atomic mass is 9.82. The molecular formula is C15H22FN3O. The van der Waals surface area contributed by atoms with E-state index in [1.54, 1.807) is 0 Å². The minimum Gasteiger partial charge on any atom is -0.398 e. The number of anilines is 2. The molecule has 5 heteroatoms. The fourth-order valence-electron chi connectivity index (χ4n) is 3.00. The molecule has 2 unspecified atom stereocenters. The van der Waals surface area contributed by atoms with E-state index in [-0.39, 0.29) is 17.3 Å². The van der Waals surface area contributed by atoms with E-state index in [1.165, 1.54) is 12.5 Å². The Bertz CT molecular complexity index is 504. The van der Waals surface area contributed by atoms with Gasteiger partial charge >= 0.3 is 0 Å². The molecule has 1 aliphatic carbocycles. The number of carbonyl (C=O) groups is 1. The molecule has 0 saturated heterocycles. The van der Waals surface area contributed by atoms with Crippen molar-refractivity contribution in [3.05, 3.63) is 23.5 Å². The molecule has 1 fully saturated rings. The quantitative estimate of drug-likeness (QED) is 0.741. The molecule has 4 nitrogen and oxygen atoms in total. The molecule has 0 heterocycles. The van der Waals surface area contributed by atoms with Crippen molar-refractivity contribution in [2.45, 2.75) is 45.1 Å². The molecule has 2 rings (SSSR count). The summed E-state index contributed by atoms with van der Waals surface area (Å²) in [5, 5.41) is 3.23. The maximum absolute atomic E-state index is 14.0. The molecule has 1 aliphatic rings. The summed E-state index contributed by atoms with van der Waals surface area (Å²) in [6, 6.07) is 2.83. The van der Waals surface area contributed by atoms with E-state index < -0.39 is 11.7 Å². The van der Waals surface area contributed by atoms with Gasteiger partial charge in [0.15, 0.2) is 0 Å². The molecule has 0 bridgehead atoms. The number of nitrogens with two attached hydrogens (primary N) is 2. The molecule has 0 aromatic heterocycles. The van der Waals surface area contributed by atoms with Crippen LogP contribution in [0.2, 0.25) is 0 Å².